The van der Waals surface area contributed by atoms with Crippen LogP contribution >= 0.6 is 0 Å². The highest BCUT2D eigenvalue weighted by Crippen LogP contribution is 2.38. The van der Waals surface area contributed by atoms with E-state index in [1.165, 1.54) is 12.8 Å². The molecular formula is C25H29N5O3. The van der Waals surface area contributed by atoms with Gasteiger partial charge in [-0.05, 0) is 37.0 Å². The standard InChI is InChI=1S/C25H29N5O3/c1-29-16-18(13-27-29)25-14-26-23-6-5-19(11-24(23)28-25)30(15-17-3-4-17)20-9-21(32-2)12-22(10-20)33-8-7-31/h5-6,9-12,14,16-17,27,31H,3-4,7-8,13,15H2,1-2H3. The second-order valence-corrected chi connectivity index (χ2v) is 8.52. The number of methoxy groups -OCH3 is 1. The third-order valence-corrected chi connectivity index (χ3v) is 5.94. The molecule has 1 fully saturated rings. The molecule has 8 heteroatoms. The number of fused-ring (bicyclic) bond motifs is 1. The van der Waals surface area contributed by atoms with Crippen LogP contribution in [0, 0.1) is 5.92 Å². The summed E-state index contributed by atoms with van der Waals surface area (Å²) in [6, 6.07) is 12.1. The lowest BCUT2D eigenvalue weighted by atomic mass is 10.1. The van der Waals surface area contributed by atoms with Crippen LogP contribution in [0.1, 0.15) is 18.5 Å². The predicted molar refractivity (Wildman–Crippen MR) is 129 cm³/mol. The number of ether oxygens (including phenoxy) is 2. The molecule has 0 amide bonds. The quantitative estimate of drug-likeness (QED) is 0.517. The van der Waals surface area contributed by atoms with E-state index < -0.39 is 0 Å². The van der Waals surface area contributed by atoms with Gasteiger partial charge in [0.15, 0.2) is 0 Å². The lowest BCUT2D eigenvalue weighted by molar-refractivity contribution is 0.201. The zero-order chi connectivity index (χ0) is 22.8. The van der Waals surface area contributed by atoms with E-state index >= 15 is 0 Å². The number of hydrogen-bond acceptors (Lipinski definition) is 8. The van der Waals surface area contributed by atoms with Gasteiger partial charge in [0.05, 0.1) is 36.6 Å². The zero-order valence-corrected chi connectivity index (χ0v) is 19.0. The van der Waals surface area contributed by atoms with Gasteiger partial charge < -0.3 is 24.5 Å². The summed E-state index contributed by atoms with van der Waals surface area (Å²) in [5, 5.41) is 11.1. The summed E-state index contributed by atoms with van der Waals surface area (Å²) in [7, 11) is 3.62. The van der Waals surface area contributed by atoms with Crippen LogP contribution in [0.2, 0.25) is 0 Å². The van der Waals surface area contributed by atoms with Gasteiger partial charge in [-0.15, -0.1) is 0 Å². The molecule has 2 heterocycles. The van der Waals surface area contributed by atoms with Crippen LogP contribution in [0.25, 0.3) is 16.6 Å². The molecule has 2 aliphatic rings. The van der Waals surface area contributed by atoms with Crippen LogP contribution in [-0.2, 0) is 0 Å². The van der Waals surface area contributed by atoms with Crippen LogP contribution in [0.4, 0.5) is 11.4 Å². The molecular weight excluding hydrogens is 418 g/mol. The number of nitrogens with one attached hydrogen (secondary N) is 1. The number of aliphatic hydroxyl groups excluding tert-OH is 1. The largest absolute Gasteiger partial charge is 0.497 e. The van der Waals surface area contributed by atoms with E-state index in [9.17, 15) is 0 Å². The molecule has 172 valence electrons. The van der Waals surface area contributed by atoms with Crippen LogP contribution in [0.5, 0.6) is 11.5 Å². The van der Waals surface area contributed by atoms with Gasteiger partial charge in [0.1, 0.15) is 18.1 Å². The molecule has 0 bridgehead atoms. The second kappa shape index (κ2) is 9.25. The third kappa shape index (κ3) is 4.86. The second-order valence-electron chi connectivity index (χ2n) is 8.52. The van der Waals surface area contributed by atoms with Crippen molar-refractivity contribution >= 4 is 28.0 Å². The Hall–Kier alpha value is -3.36. The Morgan fingerprint density at radius 2 is 1.97 bits per heavy atom. The molecule has 8 nitrogen and oxygen atoms in total. The molecule has 0 atom stereocenters. The summed E-state index contributed by atoms with van der Waals surface area (Å²) in [4.78, 5) is 11.8. The SMILES string of the molecule is COc1cc(OCCO)cc(N(CC2CC2)c2ccc3ncc(C4=CN(C)NC4)nc3c2)c1. The van der Waals surface area contributed by atoms with E-state index in [4.69, 9.17) is 19.6 Å². The van der Waals surface area contributed by atoms with Crippen molar-refractivity contribution in [2.24, 2.45) is 5.92 Å². The molecule has 1 aliphatic heterocycles. The summed E-state index contributed by atoms with van der Waals surface area (Å²) in [6.45, 7) is 1.85. The highest BCUT2D eigenvalue weighted by atomic mass is 16.5. The molecule has 33 heavy (non-hydrogen) atoms. The number of hydrazine groups is 1. The van der Waals surface area contributed by atoms with E-state index in [-0.39, 0.29) is 13.2 Å². The lowest BCUT2D eigenvalue weighted by Gasteiger charge is -2.26. The first-order chi connectivity index (χ1) is 16.1. The number of anilines is 2. The first kappa shape index (κ1) is 21.5. The maximum atomic E-state index is 9.16. The summed E-state index contributed by atoms with van der Waals surface area (Å²) < 4.78 is 11.2. The van der Waals surface area contributed by atoms with Crippen molar-refractivity contribution < 1.29 is 14.6 Å². The van der Waals surface area contributed by atoms with Crippen molar-refractivity contribution in [3.63, 3.8) is 0 Å². The molecule has 0 spiro atoms. The number of aliphatic hydroxyl groups is 1. The van der Waals surface area contributed by atoms with Crippen LogP contribution in [0.15, 0.2) is 48.8 Å². The molecule has 0 saturated heterocycles. The fourth-order valence-electron chi connectivity index (χ4n) is 4.01. The van der Waals surface area contributed by atoms with Crippen molar-refractivity contribution in [2.45, 2.75) is 12.8 Å². The average Bonchev–Trinajstić information content (AvgIpc) is 3.57. The van der Waals surface area contributed by atoms with Crippen LogP contribution < -0.4 is 19.8 Å². The molecule has 0 unspecified atom stereocenters. The molecule has 1 saturated carbocycles. The van der Waals surface area contributed by atoms with Crippen molar-refractivity contribution in [3.8, 4) is 11.5 Å². The minimum Gasteiger partial charge on any atom is -0.497 e. The molecule has 3 aromatic rings. The maximum Gasteiger partial charge on any atom is 0.125 e. The number of rotatable bonds is 9. The zero-order valence-electron chi connectivity index (χ0n) is 19.0. The summed E-state index contributed by atoms with van der Waals surface area (Å²) >= 11 is 0. The first-order valence-electron chi connectivity index (χ1n) is 11.3. The number of aromatic nitrogens is 2. The van der Waals surface area contributed by atoms with Gasteiger partial charge in [-0.25, -0.2) is 10.4 Å². The molecule has 1 aromatic heterocycles. The normalized spacial score (nSPS) is 15.6. The summed E-state index contributed by atoms with van der Waals surface area (Å²) in [5.74, 6) is 2.05. The van der Waals surface area contributed by atoms with E-state index in [0.29, 0.717) is 17.4 Å². The van der Waals surface area contributed by atoms with Crippen molar-refractivity contribution in [3.05, 3.63) is 54.5 Å². The van der Waals surface area contributed by atoms with Crippen LogP contribution in [0.3, 0.4) is 0 Å². The van der Waals surface area contributed by atoms with Crippen molar-refractivity contribution in [1.82, 2.24) is 20.4 Å². The third-order valence-electron chi connectivity index (χ3n) is 5.94. The monoisotopic (exact) mass is 447 g/mol. The summed E-state index contributed by atoms with van der Waals surface area (Å²) in [5.41, 5.74) is 9.02. The van der Waals surface area contributed by atoms with E-state index in [1.807, 2.05) is 48.7 Å². The number of benzene rings is 2. The van der Waals surface area contributed by atoms with E-state index in [2.05, 4.69) is 27.4 Å². The van der Waals surface area contributed by atoms with Crippen molar-refractivity contribution in [1.29, 1.82) is 0 Å². The number of hydrogen-bond donors (Lipinski definition) is 2. The van der Waals surface area contributed by atoms with Gasteiger partial charge in [0.25, 0.3) is 0 Å². The molecule has 5 rings (SSSR count). The molecule has 1 aliphatic carbocycles. The van der Waals surface area contributed by atoms with Gasteiger partial charge >= 0.3 is 0 Å². The van der Waals surface area contributed by atoms with E-state index in [1.54, 1.807) is 7.11 Å². The highest BCUT2D eigenvalue weighted by Gasteiger charge is 2.26. The Kier molecular flexibility index (Phi) is 6.02. The fourth-order valence-corrected chi connectivity index (χ4v) is 4.01. The Bertz CT molecular complexity index is 1180. The van der Waals surface area contributed by atoms with Gasteiger partial charge in [-0.3, -0.25) is 4.98 Å². The fraction of sp³-hybridized carbons (Fsp3) is 0.360. The van der Waals surface area contributed by atoms with E-state index in [0.717, 1.165) is 46.8 Å². The smallest absolute Gasteiger partial charge is 0.125 e. The van der Waals surface area contributed by atoms with Gasteiger partial charge in [-0.1, -0.05) is 0 Å². The first-order valence-corrected chi connectivity index (χ1v) is 11.3. The minimum atomic E-state index is -0.0360. The van der Waals surface area contributed by atoms with Crippen molar-refractivity contribution in [2.75, 3.05) is 45.4 Å². The molecule has 2 aromatic carbocycles. The number of nitrogens with zero attached hydrogens (tertiary/aromatic N) is 4. The van der Waals surface area contributed by atoms with Crippen LogP contribution in [-0.4, -0.2) is 60.5 Å². The highest BCUT2D eigenvalue weighted by molar-refractivity contribution is 5.82. The topological polar surface area (TPSA) is 83.0 Å². The average molecular weight is 448 g/mol. The molecule has 0 radical (unpaired) electrons. The summed E-state index contributed by atoms with van der Waals surface area (Å²) in [6.07, 6.45) is 6.35. The Morgan fingerprint density at radius 3 is 2.70 bits per heavy atom. The Balaban J connectivity index is 1.53. The Morgan fingerprint density at radius 1 is 1.12 bits per heavy atom. The van der Waals surface area contributed by atoms with Gasteiger partial charge in [-0.2, -0.15) is 0 Å². The van der Waals surface area contributed by atoms with Gasteiger partial charge in [0, 0.05) is 61.5 Å². The molecule has 2 N–H and O–H groups in total. The minimum absolute atomic E-state index is 0.0360. The Labute approximate surface area is 193 Å². The lowest BCUT2D eigenvalue weighted by Crippen LogP contribution is -2.23. The maximum absolute atomic E-state index is 9.16. The predicted octanol–water partition coefficient (Wildman–Crippen LogP) is 3.35. The van der Waals surface area contributed by atoms with Gasteiger partial charge in [0.2, 0.25) is 0 Å².